The average Bonchev–Trinajstić information content (AvgIpc) is 2.92. The zero-order valence-corrected chi connectivity index (χ0v) is 27.9. The minimum atomic E-state index is -2.74. The van der Waals surface area contributed by atoms with E-state index in [9.17, 15) is 14.2 Å². The van der Waals surface area contributed by atoms with Crippen LogP contribution in [-0.4, -0.2) is 32.6 Å². The molecule has 0 saturated carbocycles. The van der Waals surface area contributed by atoms with Gasteiger partial charge in [-0.05, 0) is 27.9 Å². The summed E-state index contributed by atoms with van der Waals surface area (Å²) in [5, 5.41) is 0.391. The third kappa shape index (κ3) is 6.44. The van der Waals surface area contributed by atoms with E-state index in [0.29, 0.717) is 27.7 Å². The van der Waals surface area contributed by atoms with Gasteiger partial charge in [0.2, 0.25) is 5.30 Å². The summed E-state index contributed by atoms with van der Waals surface area (Å²) in [5.74, 6) is 0.663. The van der Waals surface area contributed by atoms with Gasteiger partial charge < -0.3 is 14.2 Å². The monoisotopic (exact) mass is 591 g/mol. The van der Waals surface area contributed by atoms with Crippen LogP contribution in [0.15, 0.2) is 48.5 Å². The Kier molecular flexibility index (Phi) is 9.44. The number of carbonyl (C=O) groups is 2. The van der Waals surface area contributed by atoms with Gasteiger partial charge in [0.25, 0.3) is 0 Å². The molecule has 0 heterocycles. The minimum absolute atomic E-state index is 0.0671. The summed E-state index contributed by atoms with van der Waals surface area (Å²) < 4.78 is 31.2. The SMILES string of the molecule is COc1cc(OC)c(C(=O)[P+](=O)c2c(C(C)(C)C)cc(C(C)(C)C)c(C(=O)c3ccccc3)c2C(C)(C)C)c(OC)c1. The first-order valence-corrected chi connectivity index (χ1v) is 15.3. The van der Waals surface area contributed by atoms with Crippen molar-refractivity contribution in [1.82, 2.24) is 0 Å². The number of hydrogen-bond donors (Lipinski definition) is 0. The molecule has 0 fully saturated rings. The van der Waals surface area contributed by atoms with Crippen molar-refractivity contribution in [2.24, 2.45) is 0 Å². The van der Waals surface area contributed by atoms with Crippen LogP contribution in [0.25, 0.3) is 0 Å². The lowest BCUT2D eigenvalue weighted by Crippen LogP contribution is -2.35. The second-order valence-electron chi connectivity index (χ2n) is 13.5. The lowest BCUT2D eigenvalue weighted by Gasteiger charge is -2.33. The summed E-state index contributed by atoms with van der Waals surface area (Å²) in [6.07, 6.45) is 0. The topological polar surface area (TPSA) is 78.9 Å². The van der Waals surface area contributed by atoms with E-state index in [2.05, 4.69) is 20.8 Å². The van der Waals surface area contributed by atoms with E-state index in [1.165, 1.54) is 21.3 Å². The lowest BCUT2D eigenvalue weighted by atomic mass is 9.70. The van der Waals surface area contributed by atoms with Crippen LogP contribution in [0.2, 0.25) is 0 Å². The molecule has 0 bridgehead atoms. The summed E-state index contributed by atoms with van der Waals surface area (Å²) in [7, 11) is 1.64. The first-order valence-electron chi connectivity index (χ1n) is 14.0. The molecule has 1 unspecified atom stereocenters. The third-order valence-electron chi connectivity index (χ3n) is 7.25. The highest BCUT2D eigenvalue weighted by Crippen LogP contribution is 2.46. The van der Waals surface area contributed by atoms with E-state index < -0.39 is 29.6 Å². The Labute approximate surface area is 251 Å². The van der Waals surface area contributed by atoms with Gasteiger partial charge in [-0.25, -0.2) is 4.79 Å². The zero-order valence-electron chi connectivity index (χ0n) is 27.0. The Morgan fingerprint density at radius 1 is 0.643 bits per heavy atom. The predicted molar refractivity (Wildman–Crippen MR) is 170 cm³/mol. The Hall–Kier alpha value is -3.50. The van der Waals surface area contributed by atoms with Crippen LogP contribution in [0.4, 0.5) is 0 Å². The number of carbonyl (C=O) groups excluding carboxylic acids is 2. The van der Waals surface area contributed by atoms with Crippen LogP contribution >= 0.6 is 7.80 Å². The maximum Gasteiger partial charge on any atom is 0.459 e. The second kappa shape index (κ2) is 12.0. The lowest BCUT2D eigenvalue weighted by molar-refractivity contribution is 0.103. The Bertz CT molecular complexity index is 1490. The van der Waals surface area contributed by atoms with Gasteiger partial charge in [-0.1, -0.05) is 97.2 Å². The summed E-state index contributed by atoms with van der Waals surface area (Å²) in [6, 6.07) is 14.2. The summed E-state index contributed by atoms with van der Waals surface area (Å²) in [6.45, 7) is 18.3. The van der Waals surface area contributed by atoms with Crippen LogP contribution in [0.1, 0.15) is 105 Å². The summed E-state index contributed by atoms with van der Waals surface area (Å²) >= 11 is 0. The van der Waals surface area contributed by atoms with Crippen molar-refractivity contribution in [2.75, 3.05) is 21.3 Å². The highest BCUT2D eigenvalue weighted by atomic mass is 31.1. The van der Waals surface area contributed by atoms with Crippen LogP contribution < -0.4 is 19.5 Å². The van der Waals surface area contributed by atoms with Crippen molar-refractivity contribution < 1.29 is 28.4 Å². The minimum Gasteiger partial charge on any atom is -0.496 e. The number of benzene rings is 3. The Morgan fingerprint density at radius 2 is 1.14 bits per heavy atom. The molecule has 1 atom stereocenters. The molecule has 0 aromatic heterocycles. The van der Waals surface area contributed by atoms with Crippen molar-refractivity contribution >= 4 is 24.4 Å². The normalized spacial score (nSPS) is 12.5. The number of methoxy groups -OCH3 is 3. The van der Waals surface area contributed by atoms with Crippen LogP contribution in [0.5, 0.6) is 17.2 Å². The highest BCUT2D eigenvalue weighted by Gasteiger charge is 2.48. The van der Waals surface area contributed by atoms with Gasteiger partial charge in [0.1, 0.15) is 17.2 Å². The fraction of sp³-hybridized carbons (Fsp3) is 0.429. The molecule has 3 aromatic rings. The molecule has 0 aliphatic carbocycles. The smallest absolute Gasteiger partial charge is 0.459 e. The third-order valence-corrected chi connectivity index (χ3v) is 8.71. The molecule has 7 heteroatoms. The van der Waals surface area contributed by atoms with E-state index in [1.807, 2.05) is 65.8 Å². The van der Waals surface area contributed by atoms with Crippen molar-refractivity contribution in [3.8, 4) is 17.2 Å². The maximum atomic E-state index is 14.8. The van der Waals surface area contributed by atoms with Crippen molar-refractivity contribution in [3.63, 3.8) is 0 Å². The van der Waals surface area contributed by atoms with Gasteiger partial charge in [-0.15, -0.1) is 0 Å². The number of hydrogen-bond acceptors (Lipinski definition) is 6. The maximum absolute atomic E-state index is 14.8. The highest BCUT2D eigenvalue weighted by molar-refractivity contribution is 7.71. The predicted octanol–water partition coefficient (Wildman–Crippen LogP) is 8.13. The molecule has 0 amide bonds. The van der Waals surface area contributed by atoms with Crippen molar-refractivity contribution in [2.45, 2.75) is 78.6 Å². The van der Waals surface area contributed by atoms with E-state index in [0.717, 1.165) is 11.1 Å². The molecule has 0 N–H and O–H groups in total. The Morgan fingerprint density at radius 3 is 1.55 bits per heavy atom. The number of ether oxygens (including phenoxy) is 3. The molecule has 0 radical (unpaired) electrons. The standard InChI is InChI=1S/C35H44O6P/c1-33(2,3)23-20-24(34(4,5)6)31(29(35(7,8)9)27(23)30(36)21-16-14-13-15-17-21)42(38)32(37)28-25(40-11)18-22(39-10)19-26(28)41-12/h13-20H,1-12H3/q+1. The van der Waals surface area contributed by atoms with E-state index >= 15 is 0 Å². The number of rotatable bonds is 8. The molecule has 0 aliphatic heterocycles. The van der Waals surface area contributed by atoms with Crippen molar-refractivity contribution in [1.29, 1.82) is 0 Å². The van der Waals surface area contributed by atoms with Gasteiger partial charge in [-0.3, -0.25) is 4.79 Å². The van der Waals surface area contributed by atoms with Gasteiger partial charge in [0.15, 0.2) is 11.3 Å². The van der Waals surface area contributed by atoms with Crippen LogP contribution in [-0.2, 0) is 20.8 Å². The zero-order chi connectivity index (χ0) is 31.8. The molecule has 3 rings (SSSR count). The van der Waals surface area contributed by atoms with Crippen LogP contribution in [0.3, 0.4) is 0 Å². The molecule has 0 aliphatic rings. The molecule has 224 valence electrons. The first-order chi connectivity index (χ1) is 19.4. The summed E-state index contributed by atoms with van der Waals surface area (Å²) in [5.41, 5.74) is 1.13. The largest absolute Gasteiger partial charge is 0.496 e. The van der Waals surface area contributed by atoms with E-state index in [1.54, 1.807) is 24.3 Å². The van der Waals surface area contributed by atoms with E-state index in [-0.39, 0.29) is 22.8 Å². The summed E-state index contributed by atoms with van der Waals surface area (Å²) in [4.78, 5) is 28.7. The van der Waals surface area contributed by atoms with Gasteiger partial charge in [0.05, 0.1) is 21.3 Å². The molecular weight excluding hydrogens is 547 g/mol. The molecule has 42 heavy (non-hydrogen) atoms. The van der Waals surface area contributed by atoms with Crippen molar-refractivity contribution in [3.05, 3.63) is 81.9 Å². The van der Waals surface area contributed by atoms with Crippen LogP contribution in [0, 0.1) is 0 Å². The molecule has 0 spiro atoms. The molecule has 6 nitrogen and oxygen atoms in total. The van der Waals surface area contributed by atoms with Gasteiger partial charge in [-0.2, -0.15) is 0 Å². The van der Waals surface area contributed by atoms with E-state index in [4.69, 9.17) is 14.2 Å². The molecule has 3 aromatic carbocycles. The molecule has 0 saturated heterocycles. The fourth-order valence-corrected chi connectivity index (χ4v) is 7.06. The number of ketones is 1. The molecular formula is C35H44O6P+. The second-order valence-corrected chi connectivity index (χ2v) is 15.0. The average molecular weight is 592 g/mol. The fourth-order valence-electron chi connectivity index (χ4n) is 5.17. The Balaban J connectivity index is 2.54. The van der Waals surface area contributed by atoms with Gasteiger partial charge in [0, 0.05) is 34.4 Å². The van der Waals surface area contributed by atoms with Gasteiger partial charge >= 0.3 is 13.3 Å². The quantitative estimate of drug-likeness (QED) is 0.194. The first kappa shape index (κ1) is 33.0.